The molecule has 0 spiro atoms. The van der Waals surface area contributed by atoms with E-state index in [1.54, 1.807) is 0 Å². The quantitative estimate of drug-likeness (QED) is 0.792. The Labute approximate surface area is 139 Å². The monoisotopic (exact) mass is 326 g/mol. The topological polar surface area (TPSA) is 61.4 Å². The highest BCUT2D eigenvalue weighted by molar-refractivity contribution is 5.97. The van der Waals surface area contributed by atoms with Crippen molar-refractivity contribution >= 4 is 18.3 Å². The van der Waals surface area contributed by atoms with Crippen LogP contribution in [-0.2, 0) is 0 Å². The molecule has 1 fully saturated rings. The molecule has 3 N–H and O–H groups in total. The zero-order chi connectivity index (χ0) is 15.6. The Morgan fingerprint density at radius 2 is 1.73 bits per heavy atom. The molecule has 0 radical (unpaired) electrons. The van der Waals surface area contributed by atoms with Crippen LogP contribution in [0.25, 0.3) is 0 Å². The summed E-state index contributed by atoms with van der Waals surface area (Å²) in [6.07, 6.45) is 0. The van der Waals surface area contributed by atoms with Crippen LogP contribution in [0.3, 0.4) is 0 Å². The molecule has 4 nitrogen and oxygen atoms in total. The minimum atomic E-state index is 0. The molecule has 0 unspecified atom stereocenters. The van der Waals surface area contributed by atoms with Crippen LogP contribution in [0.5, 0.6) is 0 Å². The first-order chi connectivity index (χ1) is 9.95. The van der Waals surface area contributed by atoms with Crippen molar-refractivity contribution in [3.05, 3.63) is 33.9 Å². The van der Waals surface area contributed by atoms with Crippen molar-refractivity contribution in [2.75, 3.05) is 26.2 Å². The van der Waals surface area contributed by atoms with E-state index < -0.39 is 0 Å². The lowest BCUT2D eigenvalue weighted by atomic mass is 9.93. The van der Waals surface area contributed by atoms with Crippen molar-refractivity contribution in [1.82, 2.24) is 10.6 Å². The number of aliphatic hydroxyl groups excluding tert-OH is 1. The fraction of sp³-hybridized carbons (Fsp3) is 0.588. The first kappa shape index (κ1) is 18.9. The van der Waals surface area contributed by atoms with Gasteiger partial charge in [-0.3, -0.25) is 4.79 Å². The molecule has 1 saturated heterocycles. The van der Waals surface area contributed by atoms with Gasteiger partial charge in [-0.05, 0) is 55.9 Å². The predicted octanol–water partition coefficient (Wildman–Crippen LogP) is 1.90. The van der Waals surface area contributed by atoms with Gasteiger partial charge in [0.1, 0.15) is 0 Å². The van der Waals surface area contributed by atoms with Crippen molar-refractivity contribution in [1.29, 1.82) is 0 Å². The number of hydrogen-bond donors (Lipinski definition) is 3. The van der Waals surface area contributed by atoms with Crippen LogP contribution in [0.1, 0.15) is 32.6 Å². The fourth-order valence-corrected chi connectivity index (χ4v) is 3.11. The first-order valence-electron chi connectivity index (χ1n) is 7.62. The van der Waals surface area contributed by atoms with Gasteiger partial charge in [0.2, 0.25) is 0 Å². The van der Waals surface area contributed by atoms with Gasteiger partial charge in [-0.15, -0.1) is 12.4 Å². The lowest BCUT2D eigenvalue weighted by Gasteiger charge is -2.19. The van der Waals surface area contributed by atoms with E-state index in [9.17, 15) is 9.90 Å². The maximum absolute atomic E-state index is 12.5. The van der Waals surface area contributed by atoms with Gasteiger partial charge in [0.15, 0.2) is 0 Å². The minimum Gasteiger partial charge on any atom is -0.396 e. The van der Waals surface area contributed by atoms with Crippen molar-refractivity contribution in [3.8, 4) is 0 Å². The number of carbonyl (C=O) groups is 1. The number of aliphatic hydroxyl groups is 1. The van der Waals surface area contributed by atoms with Crippen molar-refractivity contribution in [2.24, 2.45) is 11.8 Å². The van der Waals surface area contributed by atoms with E-state index in [0.29, 0.717) is 12.5 Å². The summed E-state index contributed by atoms with van der Waals surface area (Å²) < 4.78 is 0. The summed E-state index contributed by atoms with van der Waals surface area (Å²) in [5.41, 5.74) is 5.22. The Morgan fingerprint density at radius 1 is 1.18 bits per heavy atom. The second-order valence-electron chi connectivity index (χ2n) is 6.21. The van der Waals surface area contributed by atoms with Gasteiger partial charge in [0.05, 0.1) is 0 Å². The smallest absolute Gasteiger partial charge is 0.251 e. The van der Waals surface area contributed by atoms with Gasteiger partial charge in [0.25, 0.3) is 5.91 Å². The molecule has 124 valence electrons. The van der Waals surface area contributed by atoms with Crippen molar-refractivity contribution in [3.63, 3.8) is 0 Å². The van der Waals surface area contributed by atoms with Crippen molar-refractivity contribution < 1.29 is 9.90 Å². The first-order valence-corrected chi connectivity index (χ1v) is 7.62. The number of carbonyl (C=O) groups excluding carboxylic acids is 1. The molecule has 1 heterocycles. The van der Waals surface area contributed by atoms with Crippen LogP contribution < -0.4 is 10.6 Å². The molecule has 5 heteroatoms. The standard InChI is InChI=1S/C17H26N2O2.ClH/c1-10-5-11(2)13(4)16(12(10)3)17(21)19-8-14-6-18-7-15(14)9-20;/h5,14-15,18,20H,6-9H2,1-4H3,(H,19,21);1H/t14-,15-;/m1./s1. The Bertz CT molecular complexity index is 520. The van der Waals surface area contributed by atoms with E-state index in [1.807, 2.05) is 27.7 Å². The molecule has 2 rings (SSSR count). The van der Waals surface area contributed by atoms with Gasteiger partial charge in [-0.1, -0.05) is 6.07 Å². The second-order valence-corrected chi connectivity index (χ2v) is 6.21. The molecular weight excluding hydrogens is 300 g/mol. The molecule has 1 aliphatic heterocycles. The van der Waals surface area contributed by atoms with Gasteiger partial charge in [-0.25, -0.2) is 0 Å². The number of nitrogens with one attached hydrogen (secondary N) is 2. The normalized spacial score (nSPS) is 20.6. The van der Waals surface area contributed by atoms with E-state index in [4.69, 9.17) is 0 Å². The third-order valence-electron chi connectivity index (χ3n) is 4.83. The van der Waals surface area contributed by atoms with Gasteiger partial charge >= 0.3 is 0 Å². The number of hydrogen-bond acceptors (Lipinski definition) is 3. The highest BCUT2D eigenvalue weighted by Gasteiger charge is 2.27. The third kappa shape index (κ3) is 3.80. The van der Waals surface area contributed by atoms with E-state index in [-0.39, 0.29) is 30.8 Å². The summed E-state index contributed by atoms with van der Waals surface area (Å²) in [6, 6.07) is 2.13. The van der Waals surface area contributed by atoms with Crippen LogP contribution >= 0.6 is 12.4 Å². The molecule has 0 aliphatic carbocycles. The summed E-state index contributed by atoms with van der Waals surface area (Å²) in [6.45, 7) is 10.6. The van der Waals surface area contributed by atoms with Crippen molar-refractivity contribution in [2.45, 2.75) is 27.7 Å². The van der Waals surface area contributed by atoms with Crippen LogP contribution in [0.15, 0.2) is 6.07 Å². The Kier molecular flexibility index (Phi) is 6.85. The fourth-order valence-electron chi connectivity index (χ4n) is 3.11. The predicted molar refractivity (Wildman–Crippen MR) is 91.9 cm³/mol. The summed E-state index contributed by atoms with van der Waals surface area (Å²) in [4.78, 5) is 12.5. The average molecular weight is 327 g/mol. The Hall–Kier alpha value is -1.10. The summed E-state index contributed by atoms with van der Waals surface area (Å²) in [5.74, 6) is 0.553. The van der Waals surface area contributed by atoms with Gasteiger partial charge in [0, 0.05) is 37.7 Å². The highest BCUT2D eigenvalue weighted by Crippen LogP contribution is 2.22. The zero-order valence-electron chi connectivity index (χ0n) is 13.8. The summed E-state index contributed by atoms with van der Waals surface area (Å²) in [5, 5.41) is 15.6. The van der Waals surface area contributed by atoms with E-state index in [1.165, 1.54) is 0 Å². The average Bonchev–Trinajstić information content (AvgIpc) is 2.90. The molecule has 2 atom stereocenters. The van der Waals surface area contributed by atoms with Gasteiger partial charge < -0.3 is 15.7 Å². The number of benzene rings is 1. The van der Waals surface area contributed by atoms with Crippen LogP contribution in [0.2, 0.25) is 0 Å². The molecule has 22 heavy (non-hydrogen) atoms. The van der Waals surface area contributed by atoms with E-state index in [0.717, 1.165) is 40.9 Å². The number of rotatable bonds is 4. The second kappa shape index (κ2) is 7.95. The maximum Gasteiger partial charge on any atom is 0.251 e. The molecule has 1 amide bonds. The lowest BCUT2D eigenvalue weighted by Crippen LogP contribution is -2.34. The SMILES string of the molecule is Cc1cc(C)c(C)c(C(=O)NC[C@H]2CNC[C@@H]2CO)c1C.Cl. The molecule has 0 saturated carbocycles. The zero-order valence-corrected chi connectivity index (χ0v) is 14.6. The molecule has 1 aromatic carbocycles. The summed E-state index contributed by atoms with van der Waals surface area (Å²) >= 11 is 0. The van der Waals surface area contributed by atoms with E-state index in [2.05, 4.69) is 16.7 Å². The number of aryl methyl sites for hydroxylation is 2. The largest absolute Gasteiger partial charge is 0.396 e. The molecular formula is C17H27ClN2O2. The minimum absolute atomic E-state index is 0. The van der Waals surface area contributed by atoms with E-state index >= 15 is 0 Å². The maximum atomic E-state index is 12.5. The highest BCUT2D eigenvalue weighted by atomic mass is 35.5. The number of amides is 1. The molecule has 1 aliphatic rings. The molecule has 0 bridgehead atoms. The lowest BCUT2D eigenvalue weighted by molar-refractivity contribution is 0.0939. The summed E-state index contributed by atoms with van der Waals surface area (Å²) in [7, 11) is 0. The van der Waals surface area contributed by atoms with Gasteiger partial charge in [-0.2, -0.15) is 0 Å². The van der Waals surface area contributed by atoms with Crippen LogP contribution in [0, 0.1) is 39.5 Å². The third-order valence-corrected chi connectivity index (χ3v) is 4.83. The van der Waals surface area contributed by atoms with Crippen LogP contribution in [0.4, 0.5) is 0 Å². The Morgan fingerprint density at radius 3 is 2.27 bits per heavy atom. The van der Waals surface area contributed by atoms with Crippen LogP contribution in [-0.4, -0.2) is 37.3 Å². The number of halogens is 1. The molecule has 0 aromatic heterocycles. The molecule has 1 aromatic rings. The Balaban J connectivity index is 0.00000242.